The van der Waals surface area contributed by atoms with Crippen molar-refractivity contribution in [1.29, 1.82) is 0 Å². The summed E-state index contributed by atoms with van der Waals surface area (Å²) < 4.78 is 37.2. The molecular weight excluding hydrogens is 241 g/mol. The lowest BCUT2D eigenvalue weighted by molar-refractivity contribution is -0.113. The summed E-state index contributed by atoms with van der Waals surface area (Å²) in [4.78, 5) is 0. The van der Waals surface area contributed by atoms with Crippen molar-refractivity contribution in [3.05, 3.63) is 47.6 Å². The smallest absolute Gasteiger partial charge is 0.265 e. The van der Waals surface area contributed by atoms with Crippen LogP contribution in [-0.4, -0.2) is 6.18 Å². The maximum atomic E-state index is 12.4. The van der Waals surface area contributed by atoms with Crippen LogP contribution in [0.3, 0.4) is 0 Å². The largest absolute Gasteiger partial charge is 0.414 e. The average molecular weight is 248 g/mol. The third-order valence-electron chi connectivity index (χ3n) is 2.03. The van der Waals surface area contributed by atoms with Gasteiger partial charge in [-0.05, 0) is 18.2 Å². The SMILES string of the molecule is FC(F)(F)[C]1C=C(Cl)N(c2ccccc2)N1. The first-order valence-electron chi connectivity index (χ1n) is 4.41. The molecule has 0 atom stereocenters. The number of anilines is 1. The Morgan fingerprint density at radius 3 is 2.25 bits per heavy atom. The Morgan fingerprint density at radius 2 is 1.75 bits per heavy atom. The molecule has 1 aromatic carbocycles. The lowest BCUT2D eigenvalue weighted by atomic mass is 10.3. The van der Waals surface area contributed by atoms with Gasteiger partial charge in [0.25, 0.3) is 0 Å². The van der Waals surface area contributed by atoms with E-state index in [9.17, 15) is 13.2 Å². The lowest BCUT2D eigenvalue weighted by Gasteiger charge is -2.21. The van der Waals surface area contributed by atoms with Crippen LogP contribution in [0.15, 0.2) is 41.6 Å². The van der Waals surface area contributed by atoms with Gasteiger partial charge < -0.3 is 0 Å². The summed E-state index contributed by atoms with van der Waals surface area (Å²) in [5.41, 5.74) is 2.74. The summed E-state index contributed by atoms with van der Waals surface area (Å²) in [5, 5.41) is 1.16. The van der Waals surface area contributed by atoms with Gasteiger partial charge in [-0.3, -0.25) is 5.01 Å². The predicted molar refractivity (Wildman–Crippen MR) is 55.3 cm³/mol. The van der Waals surface area contributed by atoms with Gasteiger partial charge in [0.05, 0.1) is 5.69 Å². The highest BCUT2D eigenvalue weighted by Crippen LogP contribution is 2.35. The molecule has 0 spiro atoms. The van der Waals surface area contributed by atoms with E-state index < -0.39 is 12.2 Å². The minimum atomic E-state index is -4.43. The second-order valence-electron chi connectivity index (χ2n) is 3.16. The molecule has 1 aliphatic heterocycles. The minimum absolute atomic E-state index is 0.0153. The molecule has 85 valence electrons. The molecule has 1 aromatic rings. The molecule has 2 nitrogen and oxygen atoms in total. The van der Waals surface area contributed by atoms with Crippen LogP contribution in [0.1, 0.15) is 0 Å². The van der Waals surface area contributed by atoms with Gasteiger partial charge in [-0.1, -0.05) is 29.8 Å². The first-order chi connectivity index (χ1) is 7.48. The number of halogens is 4. The van der Waals surface area contributed by atoms with Crippen LogP contribution in [0.4, 0.5) is 18.9 Å². The fourth-order valence-electron chi connectivity index (χ4n) is 1.30. The van der Waals surface area contributed by atoms with Gasteiger partial charge in [-0.25, -0.2) is 5.43 Å². The predicted octanol–water partition coefficient (Wildman–Crippen LogP) is 3.19. The van der Waals surface area contributed by atoms with Crippen molar-refractivity contribution in [2.24, 2.45) is 0 Å². The zero-order valence-corrected chi connectivity index (χ0v) is 8.68. The molecular formula is C10H7ClF3N2. The van der Waals surface area contributed by atoms with E-state index in [2.05, 4.69) is 5.43 Å². The summed E-state index contributed by atoms with van der Waals surface area (Å²) in [6.45, 7) is 0. The number of rotatable bonds is 1. The van der Waals surface area contributed by atoms with Crippen LogP contribution in [0.5, 0.6) is 0 Å². The first kappa shape index (κ1) is 11.3. The van der Waals surface area contributed by atoms with Crippen molar-refractivity contribution in [2.45, 2.75) is 6.18 Å². The minimum Gasteiger partial charge on any atom is -0.265 e. The van der Waals surface area contributed by atoms with E-state index in [1.54, 1.807) is 30.3 Å². The highest BCUT2D eigenvalue weighted by Gasteiger charge is 2.44. The molecule has 0 fully saturated rings. The second kappa shape index (κ2) is 3.99. The third kappa shape index (κ3) is 2.15. The van der Waals surface area contributed by atoms with Gasteiger partial charge in [-0.2, -0.15) is 13.2 Å². The maximum absolute atomic E-state index is 12.4. The molecule has 6 heteroatoms. The fraction of sp³-hybridized carbons (Fsp3) is 0.100. The monoisotopic (exact) mass is 247 g/mol. The standard InChI is InChI=1S/C10H7ClF3N2/c11-9-6-8(10(12,13)14)15-16(9)7-4-2-1-3-5-7/h1-6,15H. The Bertz CT molecular complexity index is 402. The Kier molecular flexibility index (Phi) is 2.82. The van der Waals surface area contributed by atoms with Crippen LogP contribution >= 0.6 is 11.6 Å². The van der Waals surface area contributed by atoms with E-state index in [1.165, 1.54) is 5.01 Å². The van der Waals surface area contributed by atoms with Crippen molar-refractivity contribution in [2.75, 3.05) is 5.01 Å². The molecule has 0 unspecified atom stereocenters. The van der Waals surface area contributed by atoms with Crippen LogP contribution in [-0.2, 0) is 0 Å². The highest BCUT2D eigenvalue weighted by molar-refractivity contribution is 6.31. The average Bonchev–Trinajstić information content (AvgIpc) is 2.61. The van der Waals surface area contributed by atoms with Gasteiger partial charge in [0, 0.05) is 0 Å². The molecule has 16 heavy (non-hydrogen) atoms. The van der Waals surface area contributed by atoms with Crippen LogP contribution in [0, 0.1) is 6.04 Å². The van der Waals surface area contributed by atoms with E-state index >= 15 is 0 Å². The van der Waals surface area contributed by atoms with Crippen molar-refractivity contribution >= 4 is 17.3 Å². The summed E-state index contributed by atoms with van der Waals surface area (Å²) in [5.74, 6) is 0. The Labute approximate surface area is 95.3 Å². The molecule has 0 bridgehead atoms. The van der Waals surface area contributed by atoms with Crippen LogP contribution < -0.4 is 10.4 Å². The van der Waals surface area contributed by atoms with Gasteiger partial charge >= 0.3 is 6.18 Å². The summed E-state index contributed by atoms with van der Waals surface area (Å²) >= 11 is 5.72. The van der Waals surface area contributed by atoms with E-state index in [-0.39, 0.29) is 5.16 Å². The Hall–Kier alpha value is -1.20. The van der Waals surface area contributed by atoms with Crippen molar-refractivity contribution in [1.82, 2.24) is 5.43 Å². The number of nitrogens with zero attached hydrogens (tertiary/aromatic N) is 1. The van der Waals surface area contributed by atoms with E-state index in [0.29, 0.717) is 5.69 Å². The normalized spacial score (nSPS) is 17.8. The van der Waals surface area contributed by atoms with Gasteiger partial charge in [-0.15, -0.1) is 0 Å². The van der Waals surface area contributed by atoms with Crippen molar-refractivity contribution < 1.29 is 13.2 Å². The lowest BCUT2D eigenvalue weighted by Crippen LogP contribution is -2.38. The topological polar surface area (TPSA) is 15.3 Å². The van der Waals surface area contributed by atoms with Gasteiger partial charge in [0.1, 0.15) is 5.16 Å². The first-order valence-corrected chi connectivity index (χ1v) is 4.79. The molecule has 1 radical (unpaired) electrons. The maximum Gasteiger partial charge on any atom is 0.414 e. The van der Waals surface area contributed by atoms with E-state index in [0.717, 1.165) is 6.08 Å². The molecule has 0 aromatic heterocycles. The fourth-order valence-corrected chi connectivity index (χ4v) is 1.55. The number of benzene rings is 1. The van der Waals surface area contributed by atoms with Gasteiger partial charge in [0.2, 0.25) is 0 Å². The summed E-state index contributed by atoms with van der Waals surface area (Å²) in [7, 11) is 0. The molecule has 1 N–H and O–H groups in total. The third-order valence-corrected chi connectivity index (χ3v) is 2.31. The molecule has 1 aliphatic rings. The Balaban J connectivity index is 2.21. The number of hydrazine groups is 1. The molecule has 2 rings (SSSR count). The van der Waals surface area contributed by atoms with E-state index in [4.69, 9.17) is 11.6 Å². The van der Waals surface area contributed by atoms with Crippen LogP contribution in [0.25, 0.3) is 0 Å². The number of hydrogen-bond donors (Lipinski definition) is 1. The number of nitrogens with one attached hydrogen (secondary N) is 1. The zero-order chi connectivity index (χ0) is 11.8. The number of hydrogen-bond acceptors (Lipinski definition) is 2. The van der Waals surface area contributed by atoms with Crippen molar-refractivity contribution in [3.8, 4) is 0 Å². The highest BCUT2D eigenvalue weighted by atomic mass is 35.5. The van der Waals surface area contributed by atoms with Gasteiger partial charge in [0.15, 0.2) is 6.04 Å². The van der Waals surface area contributed by atoms with Crippen molar-refractivity contribution in [3.63, 3.8) is 0 Å². The summed E-state index contributed by atoms with van der Waals surface area (Å²) in [6, 6.07) is 7.64. The molecule has 0 amide bonds. The zero-order valence-electron chi connectivity index (χ0n) is 7.92. The van der Waals surface area contributed by atoms with Crippen LogP contribution in [0.2, 0.25) is 0 Å². The van der Waals surface area contributed by atoms with E-state index in [1.807, 2.05) is 0 Å². The quantitative estimate of drug-likeness (QED) is 0.767. The molecule has 0 aliphatic carbocycles. The molecule has 0 saturated heterocycles. The second-order valence-corrected chi connectivity index (χ2v) is 3.55. The molecule has 0 saturated carbocycles. The molecule has 1 heterocycles. The number of para-hydroxylation sites is 1. The number of alkyl halides is 3. The Morgan fingerprint density at radius 1 is 1.12 bits per heavy atom. The summed E-state index contributed by atoms with van der Waals surface area (Å²) in [6.07, 6.45) is -3.57.